The van der Waals surface area contributed by atoms with Crippen LogP contribution < -0.4 is 5.32 Å². The second-order valence-corrected chi connectivity index (χ2v) is 4.95. The summed E-state index contributed by atoms with van der Waals surface area (Å²) >= 11 is 0. The van der Waals surface area contributed by atoms with E-state index in [9.17, 15) is 4.79 Å². The quantitative estimate of drug-likeness (QED) is 0.744. The van der Waals surface area contributed by atoms with Crippen LogP contribution in [0, 0.1) is 11.8 Å². The summed E-state index contributed by atoms with van der Waals surface area (Å²) in [6.45, 7) is 5.08. The van der Waals surface area contributed by atoms with Crippen LogP contribution >= 0.6 is 0 Å². The van der Waals surface area contributed by atoms with Gasteiger partial charge in [0.15, 0.2) is 5.78 Å². The van der Waals surface area contributed by atoms with Crippen LogP contribution in [0.15, 0.2) is 0 Å². The summed E-state index contributed by atoms with van der Waals surface area (Å²) in [5.41, 5.74) is 0. The zero-order chi connectivity index (χ0) is 12.1. The molecule has 0 aromatic carbocycles. The highest BCUT2D eigenvalue weighted by Crippen LogP contribution is 2.25. The Kier molecular flexibility index (Phi) is 4.58. The SMILES string of the molecule is CC#CCC(=O)C1CCCN1C1CCNCC1. The van der Waals surface area contributed by atoms with Gasteiger partial charge in [-0.05, 0) is 52.2 Å². The lowest BCUT2D eigenvalue weighted by Gasteiger charge is -2.35. The summed E-state index contributed by atoms with van der Waals surface area (Å²) in [4.78, 5) is 14.5. The Balaban J connectivity index is 1.95. The first-order chi connectivity index (χ1) is 8.33. The lowest BCUT2D eigenvalue weighted by Crippen LogP contribution is -2.47. The van der Waals surface area contributed by atoms with Crippen LogP contribution in [0.2, 0.25) is 0 Å². The molecule has 3 heteroatoms. The predicted octanol–water partition coefficient (Wildman–Crippen LogP) is 1.19. The molecule has 0 aliphatic carbocycles. The van der Waals surface area contributed by atoms with Gasteiger partial charge in [0.05, 0.1) is 12.5 Å². The molecule has 0 saturated carbocycles. The predicted molar refractivity (Wildman–Crippen MR) is 68.7 cm³/mol. The van der Waals surface area contributed by atoms with E-state index in [1.807, 2.05) is 0 Å². The average molecular weight is 234 g/mol. The number of nitrogens with one attached hydrogen (secondary N) is 1. The van der Waals surface area contributed by atoms with E-state index in [1.54, 1.807) is 6.92 Å². The highest BCUT2D eigenvalue weighted by Gasteiger charge is 2.34. The molecule has 2 saturated heterocycles. The Bertz CT molecular complexity index is 323. The Morgan fingerprint density at radius 3 is 2.82 bits per heavy atom. The summed E-state index contributed by atoms with van der Waals surface area (Å²) in [5, 5.41) is 3.38. The third-order valence-corrected chi connectivity index (χ3v) is 3.88. The Labute approximate surface area is 104 Å². The minimum Gasteiger partial charge on any atom is -0.317 e. The summed E-state index contributed by atoms with van der Waals surface area (Å²) in [5.74, 6) is 6.06. The zero-order valence-corrected chi connectivity index (χ0v) is 10.7. The van der Waals surface area contributed by atoms with Crippen LogP contribution in [0.1, 0.15) is 39.0 Å². The van der Waals surface area contributed by atoms with E-state index < -0.39 is 0 Å². The second kappa shape index (κ2) is 6.18. The third kappa shape index (κ3) is 3.08. The standard InChI is InChI=1S/C14H22N2O/c1-2-3-6-14(17)13-5-4-11-16(13)12-7-9-15-10-8-12/h12-13,15H,4-11H2,1H3. The molecule has 3 nitrogen and oxygen atoms in total. The van der Waals surface area contributed by atoms with Crippen LogP contribution in [-0.2, 0) is 4.79 Å². The number of nitrogens with zero attached hydrogens (tertiary/aromatic N) is 1. The summed E-state index contributed by atoms with van der Waals surface area (Å²) in [7, 11) is 0. The van der Waals surface area contributed by atoms with Crippen LogP contribution in [0.25, 0.3) is 0 Å². The van der Waals surface area contributed by atoms with Crippen molar-refractivity contribution in [2.75, 3.05) is 19.6 Å². The molecule has 0 amide bonds. The second-order valence-electron chi connectivity index (χ2n) is 4.95. The van der Waals surface area contributed by atoms with Gasteiger partial charge in [0.25, 0.3) is 0 Å². The maximum atomic E-state index is 12.1. The first kappa shape index (κ1) is 12.6. The molecule has 94 valence electrons. The van der Waals surface area contributed by atoms with Gasteiger partial charge < -0.3 is 5.32 Å². The summed E-state index contributed by atoms with van der Waals surface area (Å²) in [6.07, 6.45) is 5.00. The van der Waals surface area contributed by atoms with Crippen molar-refractivity contribution in [2.45, 2.75) is 51.1 Å². The van der Waals surface area contributed by atoms with E-state index in [1.165, 1.54) is 19.3 Å². The highest BCUT2D eigenvalue weighted by molar-refractivity contribution is 5.86. The van der Waals surface area contributed by atoms with Gasteiger partial charge in [0, 0.05) is 6.04 Å². The fourth-order valence-electron chi connectivity index (χ4n) is 3.00. The first-order valence-corrected chi connectivity index (χ1v) is 6.71. The summed E-state index contributed by atoms with van der Waals surface area (Å²) < 4.78 is 0. The number of hydrogen-bond acceptors (Lipinski definition) is 3. The molecule has 0 aromatic heterocycles. The number of piperidine rings is 1. The number of ketones is 1. The van der Waals surface area contributed by atoms with Gasteiger partial charge >= 0.3 is 0 Å². The van der Waals surface area contributed by atoms with Gasteiger partial charge in [-0.1, -0.05) is 5.92 Å². The summed E-state index contributed by atoms with van der Waals surface area (Å²) in [6, 6.07) is 0.765. The molecule has 1 unspecified atom stereocenters. The highest BCUT2D eigenvalue weighted by atomic mass is 16.1. The first-order valence-electron chi connectivity index (χ1n) is 6.71. The number of likely N-dealkylation sites (tertiary alicyclic amines) is 1. The van der Waals surface area contributed by atoms with Gasteiger partial charge in [0.1, 0.15) is 0 Å². The molecule has 0 bridgehead atoms. The average Bonchev–Trinajstić information content (AvgIpc) is 2.86. The minimum atomic E-state index is 0.152. The van der Waals surface area contributed by atoms with Crippen LogP contribution in [-0.4, -0.2) is 42.4 Å². The molecule has 2 aliphatic rings. The topological polar surface area (TPSA) is 32.3 Å². The van der Waals surface area contributed by atoms with Crippen molar-refractivity contribution < 1.29 is 4.79 Å². The minimum absolute atomic E-state index is 0.152. The lowest BCUT2D eigenvalue weighted by molar-refractivity contribution is -0.123. The van der Waals surface area contributed by atoms with Gasteiger partial charge in [-0.15, -0.1) is 5.92 Å². The van der Waals surface area contributed by atoms with Gasteiger partial charge in [0.2, 0.25) is 0 Å². The van der Waals surface area contributed by atoms with Crippen molar-refractivity contribution in [3.63, 3.8) is 0 Å². The Morgan fingerprint density at radius 2 is 2.12 bits per heavy atom. The van der Waals surface area contributed by atoms with E-state index in [0.29, 0.717) is 18.2 Å². The monoisotopic (exact) mass is 234 g/mol. The van der Waals surface area contributed by atoms with E-state index >= 15 is 0 Å². The van der Waals surface area contributed by atoms with Crippen molar-refractivity contribution in [3.05, 3.63) is 0 Å². The maximum Gasteiger partial charge on any atom is 0.161 e. The molecule has 0 radical (unpaired) electrons. The van der Waals surface area contributed by atoms with Crippen LogP contribution in [0.4, 0.5) is 0 Å². The third-order valence-electron chi connectivity index (χ3n) is 3.88. The molecule has 2 rings (SSSR count). The number of rotatable bonds is 3. The van der Waals surface area contributed by atoms with Crippen LogP contribution in [0.3, 0.4) is 0 Å². The zero-order valence-electron chi connectivity index (χ0n) is 10.7. The van der Waals surface area contributed by atoms with Crippen molar-refractivity contribution in [2.24, 2.45) is 0 Å². The van der Waals surface area contributed by atoms with Gasteiger partial charge in [-0.2, -0.15) is 0 Å². The van der Waals surface area contributed by atoms with Gasteiger partial charge in [-0.25, -0.2) is 0 Å². The van der Waals surface area contributed by atoms with E-state index in [-0.39, 0.29) is 6.04 Å². The van der Waals surface area contributed by atoms with Gasteiger partial charge in [-0.3, -0.25) is 9.69 Å². The fraction of sp³-hybridized carbons (Fsp3) is 0.786. The molecule has 1 atom stereocenters. The molecule has 2 fully saturated rings. The fourth-order valence-corrected chi connectivity index (χ4v) is 3.00. The van der Waals surface area contributed by atoms with Crippen molar-refractivity contribution in [1.82, 2.24) is 10.2 Å². The molecule has 2 heterocycles. The molecule has 1 N–H and O–H groups in total. The normalized spacial score (nSPS) is 26.5. The number of carbonyl (C=O) groups is 1. The van der Waals surface area contributed by atoms with Crippen molar-refractivity contribution in [3.8, 4) is 11.8 Å². The molecule has 2 aliphatic heterocycles. The number of Topliss-reactive ketones (excluding diaryl/α,β-unsaturated/α-hetero) is 1. The smallest absolute Gasteiger partial charge is 0.161 e. The Morgan fingerprint density at radius 1 is 1.35 bits per heavy atom. The van der Waals surface area contributed by atoms with E-state index in [0.717, 1.165) is 26.1 Å². The van der Waals surface area contributed by atoms with Crippen molar-refractivity contribution in [1.29, 1.82) is 0 Å². The molecular weight excluding hydrogens is 212 g/mol. The molecule has 0 aromatic rings. The molecule has 0 spiro atoms. The van der Waals surface area contributed by atoms with E-state index in [4.69, 9.17) is 0 Å². The largest absolute Gasteiger partial charge is 0.317 e. The molecular formula is C14H22N2O. The number of carbonyl (C=O) groups excluding carboxylic acids is 1. The Hall–Kier alpha value is -0.850. The molecule has 17 heavy (non-hydrogen) atoms. The van der Waals surface area contributed by atoms with E-state index in [2.05, 4.69) is 22.1 Å². The van der Waals surface area contributed by atoms with Crippen molar-refractivity contribution >= 4 is 5.78 Å². The number of hydrogen-bond donors (Lipinski definition) is 1. The van der Waals surface area contributed by atoms with Crippen LogP contribution in [0.5, 0.6) is 0 Å². The lowest BCUT2D eigenvalue weighted by atomic mass is 10.0. The maximum absolute atomic E-state index is 12.1.